The van der Waals surface area contributed by atoms with E-state index in [0.717, 1.165) is 23.7 Å². The highest BCUT2D eigenvalue weighted by atomic mass is 32.2. The number of hydrogen-bond acceptors (Lipinski definition) is 10. The average Bonchev–Trinajstić information content (AvgIpc) is 3.40. The second-order valence-corrected chi connectivity index (χ2v) is 12.0. The van der Waals surface area contributed by atoms with Gasteiger partial charge in [-0.15, -0.1) is 0 Å². The summed E-state index contributed by atoms with van der Waals surface area (Å²) in [7, 11) is -3.47. The first kappa shape index (κ1) is 26.0. The van der Waals surface area contributed by atoms with Gasteiger partial charge in [-0.2, -0.15) is 9.19 Å². The number of aromatic nitrogens is 5. The number of nitrogens with zero attached hydrogens (tertiary/aromatic N) is 6. The summed E-state index contributed by atoms with van der Waals surface area (Å²) in [5.41, 5.74) is 1.63. The third-order valence-electron chi connectivity index (χ3n) is 6.44. The Morgan fingerprint density at radius 3 is 2.66 bits per heavy atom. The lowest BCUT2D eigenvalue weighted by Crippen LogP contribution is -2.34. The van der Waals surface area contributed by atoms with Crippen molar-refractivity contribution in [1.82, 2.24) is 34.4 Å². The molecule has 0 unspecified atom stereocenters. The van der Waals surface area contributed by atoms with Gasteiger partial charge in [-0.3, -0.25) is 4.79 Å². The Kier molecular flexibility index (Phi) is 7.56. The van der Waals surface area contributed by atoms with Crippen molar-refractivity contribution in [3.05, 3.63) is 42.5 Å². The summed E-state index contributed by atoms with van der Waals surface area (Å²) in [6, 6.07) is 3.57. The van der Waals surface area contributed by atoms with Gasteiger partial charge in [0.1, 0.15) is 11.6 Å². The molecular formula is C25H33N9O3S. The van der Waals surface area contributed by atoms with E-state index in [9.17, 15) is 13.2 Å². The monoisotopic (exact) mass is 539 g/mol. The van der Waals surface area contributed by atoms with Crippen LogP contribution >= 0.6 is 0 Å². The molecule has 38 heavy (non-hydrogen) atoms. The summed E-state index contributed by atoms with van der Waals surface area (Å²) < 4.78 is 25.9. The topological polar surface area (TPSA) is 147 Å². The SMILES string of the molecule is CC(C)Nc1cc(Nc2ccnc(-c3cnn(S(=O)(=O)C4CC4)c3)n2)ncc1C(=O)NCCN1CCCC1. The zero-order valence-electron chi connectivity index (χ0n) is 21.6. The van der Waals surface area contributed by atoms with Crippen LogP contribution in [0.3, 0.4) is 0 Å². The molecular weight excluding hydrogens is 506 g/mol. The molecule has 12 nitrogen and oxygen atoms in total. The maximum Gasteiger partial charge on any atom is 0.256 e. The lowest BCUT2D eigenvalue weighted by atomic mass is 10.2. The van der Waals surface area contributed by atoms with Crippen molar-refractivity contribution in [3.63, 3.8) is 0 Å². The van der Waals surface area contributed by atoms with Crippen molar-refractivity contribution in [2.75, 3.05) is 36.8 Å². The molecule has 0 aromatic carbocycles. The summed E-state index contributed by atoms with van der Waals surface area (Å²) in [6.07, 6.45) is 9.76. The molecule has 0 spiro atoms. The molecule has 0 atom stereocenters. The van der Waals surface area contributed by atoms with E-state index in [4.69, 9.17) is 0 Å². The van der Waals surface area contributed by atoms with Crippen LogP contribution in [0.2, 0.25) is 0 Å². The molecule has 0 bridgehead atoms. The molecule has 202 valence electrons. The highest BCUT2D eigenvalue weighted by Gasteiger charge is 2.37. The summed E-state index contributed by atoms with van der Waals surface area (Å²) in [6.45, 7) is 7.61. The van der Waals surface area contributed by atoms with Gasteiger partial charge in [0, 0.05) is 37.6 Å². The van der Waals surface area contributed by atoms with Gasteiger partial charge in [0.05, 0.1) is 34.5 Å². The van der Waals surface area contributed by atoms with E-state index < -0.39 is 10.0 Å². The molecule has 1 aliphatic heterocycles. The number of amides is 1. The average molecular weight is 540 g/mol. The second kappa shape index (κ2) is 11.0. The fourth-order valence-electron chi connectivity index (χ4n) is 4.34. The van der Waals surface area contributed by atoms with Gasteiger partial charge in [-0.05, 0) is 58.7 Å². The maximum atomic E-state index is 12.9. The van der Waals surface area contributed by atoms with Crippen molar-refractivity contribution in [3.8, 4) is 11.4 Å². The summed E-state index contributed by atoms with van der Waals surface area (Å²) in [4.78, 5) is 28.5. The first-order valence-electron chi connectivity index (χ1n) is 13.0. The number of likely N-dealkylation sites (tertiary alicyclic amines) is 1. The maximum absolute atomic E-state index is 12.9. The number of anilines is 3. The molecule has 13 heteroatoms. The van der Waals surface area contributed by atoms with Crippen LogP contribution in [0.15, 0.2) is 36.9 Å². The molecule has 5 rings (SSSR count). The Hall–Kier alpha value is -3.58. The van der Waals surface area contributed by atoms with Crippen molar-refractivity contribution in [2.24, 2.45) is 0 Å². The number of carbonyl (C=O) groups excluding carboxylic acids is 1. The number of rotatable bonds is 11. The predicted molar refractivity (Wildman–Crippen MR) is 145 cm³/mol. The van der Waals surface area contributed by atoms with Crippen molar-refractivity contribution < 1.29 is 13.2 Å². The highest BCUT2D eigenvalue weighted by Crippen LogP contribution is 2.30. The molecule has 2 fully saturated rings. The Balaban J connectivity index is 1.29. The molecule has 3 N–H and O–H groups in total. The Bertz CT molecular complexity index is 1400. The smallest absolute Gasteiger partial charge is 0.256 e. The van der Waals surface area contributed by atoms with Crippen molar-refractivity contribution >= 4 is 33.3 Å². The zero-order chi connectivity index (χ0) is 26.7. The van der Waals surface area contributed by atoms with Gasteiger partial charge in [-0.1, -0.05) is 0 Å². The minimum absolute atomic E-state index is 0.107. The summed E-state index contributed by atoms with van der Waals surface area (Å²) >= 11 is 0. The second-order valence-electron chi connectivity index (χ2n) is 9.96. The predicted octanol–water partition coefficient (Wildman–Crippen LogP) is 2.46. The van der Waals surface area contributed by atoms with Gasteiger partial charge in [-0.25, -0.2) is 23.4 Å². The van der Waals surface area contributed by atoms with E-state index in [2.05, 4.69) is 40.9 Å². The van der Waals surface area contributed by atoms with E-state index in [1.807, 2.05) is 13.8 Å². The van der Waals surface area contributed by atoms with E-state index >= 15 is 0 Å². The van der Waals surface area contributed by atoms with Crippen LogP contribution in [0.1, 0.15) is 49.9 Å². The third-order valence-corrected chi connectivity index (χ3v) is 8.48. The van der Waals surface area contributed by atoms with Gasteiger partial charge in [0.15, 0.2) is 5.82 Å². The fourth-order valence-corrected chi connectivity index (χ4v) is 5.82. The van der Waals surface area contributed by atoms with E-state index in [-0.39, 0.29) is 17.2 Å². The zero-order valence-corrected chi connectivity index (χ0v) is 22.4. The van der Waals surface area contributed by atoms with Gasteiger partial charge >= 0.3 is 0 Å². The fraction of sp³-hybridized carbons (Fsp3) is 0.480. The number of hydrogen-bond donors (Lipinski definition) is 3. The molecule has 4 heterocycles. The highest BCUT2D eigenvalue weighted by molar-refractivity contribution is 7.90. The molecule has 1 saturated heterocycles. The van der Waals surface area contributed by atoms with Gasteiger partial charge in [0.2, 0.25) is 0 Å². The Morgan fingerprint density at radius 1 is 1.13 bits per heavy atom. The van der Waals surface area contributed by atoms with Gasteiger partial charge in [0.25, 0.3) is 15.9 Å². The van der Waals surface area contributed by atoms with Crippen LogP contribution in [0.4, 0.5) is 17.3 Å². The number of carbonyl (C=O) groups is 1. The van der Waals surface area contributed by atoms with Crippen molar-refractivity contribution in [2.45, 2.75) is 50.8 Å². The quantitative estimate of drug-likeness (QED) is 0.332. The van der Waals surface area contributed by atoms with Crippen LogP contribution in [0.25, 0.3) is 11.4 Å². The molecule has 1 aliphatic carbocycles. The van der Waals surface area contributed by atoms with Gasteiger partial charge < -0.3 is 20.9 Å². The van der Waals surface area contributed by atoms with Crippen LogP contribution in [-0.2, 0) is 10.0 Å². The molecule has 0 radical (unpaired) electrons. The lowest BCUT2D eigenvalue weighted by molar-refractivity contribution is 0.0950. The lowest BCUT2D eigenvalue weighted by Gasteiger charge is -2.17. The largest absolute Gasteiger partial charge is 0.382 e. The Labute approximate surface area is 222 Å². The van der Waals surface area contributed by atoms with Crippen LogP contribution in [0, 0.1) is 0 Å². The minimum atomic E-state index is -3.47. The van der Waals surface area contributed by atoms with E-state index in [0.29, 0.717) is 53.7 Å². The summed E-state index contributed by atoms with van der Waals surface area (Å²) in [5, 5.41) is 13.1. The molecule has 3 aromatic heterocycles. The molecule has 2 aliphatic rings. The van der Waals surface area contributed by atoms with Crippen LogP contribution in [-0.4, -0.2) is 80.8 Å². The standard InChI is InChI=1S/C25H33N9O3S/c1-17(2)30-21-13-23(28-15-20(21)25(35)27-9-12-33-10-3-4-11-33)31-22-7-8-26-24(32-22)18-14-29-34(16-18)38(36,37)19-5-6-19/h7-8,13-17,19H,3-6,9-12H2,1-2H3,(H,27,35)(H2,26,28,30,31,32). The first-order chi connectivity index (χ1) is 18.3. The normalized spacial score (nSPS) is 16.1. The Morgan fingerprint density at radius 2 is 1.92 bits per heavy atom. The van der Waals surface area contributed by atoms with Crippen molar-refractivity contribution in [1.29, 1.82) is 0 Å². The van der Waals surface area contributed by atoms with E-state index in [1.165, 1.54) is 25.2 Å². The minimum Gasteiger partial charge on any atom is -0.382 e. The molecule has 3 aromatic rings. The van der Waals surface area contributed by atoms with Crippen LogP contribution in [0.5, 0.6) is 0 Å². The third kappa shape index (κ3) is 6.10. The number of pyridine rings is 1. The first-order valence-corrected chi connectivity index (χ1v) is 14.5. The molecule has 1 amide bonds. The van der Waals surface area contributed by atoms with E-state index in [1.54, 1.807) is 24.5 Å². The number of nitrogens with one attached hydrogen (secondary N) is 3. The summed E-state index contributed by atoms with van der Waals surface area (Å²) in [5.74, 6) is 1.13. The molecule has 1 saturated carbocycles. The van der Waals surface area contributed by atoms with Crippen LogP contribution < -0.4 is 16.0 Å².